The maximum atomic E-state index is 5.60. The molecule has 0 saturated heterocycles. The summed E-state index contributed by atoms with van der Waals surface area (Å²) in [6.07, 6.45) is 2.35. The zero-order valence-electron chi connectivity index (χ0n) is 9.51. The molecule has 0 heterocycles. The normalized spacial score (nSPS) is 12.9. The standard InChI is InChI=1S/C13H21N/c1-10(9-14)7-8-13-6-4-5-11(2)12(13)3/h4-6,10H,7-9,14H2,1-3H3. The largest absolute Gasteiger partial charge is 0.330 e. The van der Waals surface area contributed by atoms with Gasteiger partial charge in [0.1, 0.15) is 0 Å². The van der Waals surface area contributed by atoms with Gasteiger partial charge in [0.15, 0.2) is 0 Å². The topological polar surface area (TPSA) is 26.0 Å². The van der Waals surface area contributed by atoms with Crippen LogP contribution in [0.5, 0.6) is 0 Å². The van der Waals surface area contributed by atoms with Crippen molar-refractivity contribution in [2.24, 2.45) is 11.7 Å². The average molecular weight is 191 g/mol. The Morgan fingerprint density at radius 3 is 2.64 bits per heavy atom. The lowest BCUT2D eigenvalue weighted by Crippen LogP contribution is -2.11. The first-order valence-electron chi connectivity index (χ1n) is 5.40. The van der Waals surface area contributed by atoms with Gasteiger partial charge in [-0.3, -0.25) is 0 Å². The summed E-state index contributed by atoms with van der Waals surface area (Å²) in [5, 5.41) is 0. The zero-order chi connectivity index (χ0) is 10.6. The minimum absolute atomic E-state index is 0.634. The minimum Gasteiger partial charge on any atom is -0.330 e. The van der Waals surface area contributed by atoms with E-state index in [0.29, 0.717) is 5.92 Å². The van der Waals surface area contributed by atoms with Crippen LogP contribution < -0.4 is 5.73 Å². The minimum atomic E-state index is 0.634. The first-order valence-corrected chi connectivity index (χ1v) is 5.40. The lowest BCUT2D eigenvalue weighted by atomic mass is 9.96. The number of hydrogen-bond acceptors (Lipinski definition) is 1. The molecule has 0 saturated carbocycles. The zero-order valence-corrected chi connectivity index (χ0v) is 9.51. The van der Waals surface area contributed by atoms with E-state index in [1.165, 1.54) is 23.1 Å². The van der Waals surface area contributed by atoms with E-state index in [9.17, 15) is 0 Å². The van der Waals surface area contributed by atoms with Crippen molar-refractivity contribution >= 4 is 0 Å². The second-order valence-corrected chi connectivity index (χ2v) is 4.24. The summed E-state index contributed by atoms with van der Waals surface area (Å²) in [7, 11) is 0. The molecule has 0 spiro atoms. The molecule has 0 bridgehead atoms. The van der Waals surface area contributed by atoms with Crippen molar-refractivity contribution in [1.82, 2.24) is 0 Å². The second kappa shape index (κ2) is 5.16. The van der Waals surface area contributed by atoms with Gasteiger partial charge in [0.05, 0.1) is 0 Å². The smallest absolute Gasteiger partial charge is 0.00514 e. The van der Waals surface area contributed by atoms with Crippen molar-refractivity contribution in [2.45, 2.75) is 33.6 Å². The number of nitrogens with two attached hydrogens (primary N) is 1. The van der Waals surface area contributed by atoms with Crippen LogP contribution in [0.25, 0.3) is 0 Å². The summed E-state index contributed by atoms with van der Waals surface area (Å²) in [6, 6.07) is 6.54. The molecular formula is C13H21N. The monoisotopic (exact) mass is 191 g/mol. The van der Waals surface area contributed by atoms with Gasteiger partial charge in [-0.2, -0.15) is 0 Å². The van der Waals surface area contributed by atoms with Crippen molar-refractivity contribution in [3.63, 3.8) is 0 Å². The summed E-state index contributed by atoms with van der Waals surface area (Å²) in [6.45, 7) is 7.39. The summed E-state index contributed by atoms with van der Waals surface area (Å²) < 4.78 is 0. The van der Waals surface area contributed by atoms with Gasteiger partial charge < -0.3 is 5.73 Å². The van der Waals surface area contributed by atoms with Crippen LogP contribution in [-0.2, 0) is 6.42 Å². The fraction of sp³-hybridized carbons (Fsp3) is 0.538. The molecule has 14 heavy (non-hydrogen) atoms. The fourth-order valence-electron chi connectivity index (χ4n) is 1.60. The van der Waals surface area contributed by atoms with Crippen LogP contribution in [0.3, 0.4) is 0 Å². The molecule has 1 unspecified atom stereocenters. The molecular weight excluding hydrogens is 170 g/mol. The predicted octanol–water partition coefficient (Wildman–Crippen LogP) is 2.83. The number of benzene rings is 1. The molecule has 1 aromatic rings. The quantitative estimate of drug-likeness (QED) is 0.778. The van der Waals surface area contributed by atoms with Crippen LogP contribution in [0.2, 0.25) is 0 Å². The Labute approximate surface area is 87.3 Å². The fourth-order valence-corrected chi connectivity index (χ4v) is 1.60. The van der Waals surface area contributed by atoms with Crippen molar-refractivity contribution in [3.05, 3.63) is 34.9 Å². The number of rotatable bonds is 4. The summed E-state index contributed by atoms with van der Waals surface area (Å²) in [5.74, 6) is 0.634. The highest BCUT2D eigenvalue weighted by Gasteiger charge is 2.03. The van der Waals surface area contributed by atoms with Crippen LogP contribution in [0.1, 0.15) is 30.0 Å². The Bertz CT molecular complexity index is 291. The van der Waals surface area contributed by atoms with Crippen molar-refractivity contribution in [1.29, 1.82) is 0 Å². The highest BCUT2D eigenvalue weighted by molar-refractivity contribution is 5.33. The number of hydrogen-bond donors (Lipinski definition) is 1. The first kappa shape index (κ1) is 11.3. The second-order valence-electron chi connectivity index (χ2n) is 4.24. The van der Waals surface area contributed by atoms with Crippen molar-refractivity contribution < 1.29 is 0 Å². The van der Waals surface area contributed by atoms with E-state index >= 15 is 0 Å². The van der Waals surface area contributed by atoms with E-state index in [1.807, 2.05) is 0 Å². The summed E-state index contributed by atoms with van der Waals surface area (Å²) in [5.41, 5.74) is 9.91. The molecule has 1 rings (SSSR count). The van der Waals surface area contributed by atoms with Gasteiger partial charge in [0.2, 0.25) is 0 Å². The van der Waals surface area contributed by atoms with E-state index < -0.39 is 0 Å². The van der Waals surface area contributed by atoms with E-state index in [1.54, 1.807) is 0 Å². The molecule has 0 aliphatic rings. The van der Waals surface area contributed by atoms with Gasteiger partial charge in [0, 0.05) is 0 Å². The van der Waals surface area contributed by atoms with Gasteiger partial charge in [0.25, 0.3) is 0 Å². The Morgan fingerprint density at radius 2 is 2.00 bits per heavy atom. The van der Waals surface area contributed by atoms with Crippen LogP contribution in [-0.4, -0.2) is 6.54 Å². The molecule has 78 valence electrons. The van der Waals surface area contributed by atoms with Crippen molar-refractivity contribution in [3.8, 4) is 0 Å². The third kappa shape index (κ3) is 2.85. The van der Waals surface area contributed by atoms with Gasteiger partial charge in [-0.25, -0.2) is 0 Å². The van der Waals surface area contributed by atoms with Crippen LogP contribution >= 0.6 is 0 Å². The van der Waals surface area contributed by atoms with Crippen LogP contribution in [0.15, 0.2) is 18.2 Å². The Morgan fingerprint density at radius 1 is 1.29 bits per heavy atom. The van der Waals surface area contributed by atoms with E-state index in [-0.39, 0.29) is 0 Å². The molecule has 0 amide bonds. The van der Waals surface area contributed by atoms with Crippen LogP contribution in [0.4, 0.5) is 0 Å². The average Bonchev–Trinajstić information content (AvgIpc) is 2.20. The highest BCUT2D eigenvalue weighted by atomic mass is 14.5. The predicted molar refractivity (Wildman–Crippen MR) is 62.5 cm³/mol. The van der Waals surface area contributed by atoms with E-state index in [4.69, 9.17) is 5.73 Å². The number of aryl methyl sites for hydroxylation is 2. The summed E-state index contributed by atoms with van der Waals surface area (Å²) >= 11 is 0. The first-order chi connectivity index (χ1) is 6.65. The Kier molecular flexibility index (Phi) is 4.15. The molecule has 0 aromatic heterocycles. The molecule has 1 atom stereocenters. The van der Waals surface area contributed by atoms with Crippen molar-refractivity contribution in [2.75, 3.05) is 6.54 Å². The molecule has 2 N–H and O–H groups in total. The lowest BCUT2D eigenvalue weighted by Gasteiger charge is -2.11. The highest BCUT2D eigenvalue weighted by Crippen LogP contribution is 2.16. The van der Waals surface area contributed by atoms with Gasteiger partial charge in [-0.1, -0.05) is 25.1 Å². The van der Waals surface area contributed by atoms with E-state index in [0.717, 1.165) is 13.0 Å². The maximum absolute atomic E-state index is 5.60. The third-order valence-corrected chi connectivity index (χ3v) is 3.03. The van der Waals surface area contributed by atoms with Gasteiger partial charge in [-0.15, -0.1) is 0 Å². The van der Waals surface area contributed by atoms with Gasteiger partial charge in [-0.05, 0) is 55.8 Å². The third-order valence-electron chi connectivity index (χ3n) is 3.03. The Hall–Kier alpha value is -0.820. The molecule has 0 aliphatic heterocycles. The molecule has 1 heteroatoms. The SMILES string of the molecule is Cc1cccc(CCC(C)CN)c1C. The maximum Gasteiger partial charge on any atom is -0.00514 e. The molecule has 0 radical (unpaired) electrons. The molecule has 0 aliphatic carbocycles. The van der Waals surface area contributed by atoms with Crippen LogP contribution in [0, 0.1) is 19.8 Å². The van der Waals surface area contributed by atoms with Gasteiger partial charge >= 0.3 is 0 Å². The Balaban J connectivity index is 2.63. The van der Waals surface area contributed by atoms with E-state index in [2.05, 4.69) is 39.0 Å². The molecule has 0 fully saturated rings. The summed E-state index contributed by atoms with van der Waals surface area (Å²) in [4.78, 5) is 0. The molecule has 1 aromatic carbocycles. The molecule has 1 nitrogen and oxygen atoms in total. The lowest BCUT2D eigenvalue weighted by molar-refractivity contribution is 0.544.